The number of sulfone groups is 1. The third-order valence-corrected chi connectivity index (χ3v) is 7.94. The maximum absolute atomic E-state index is 12.5. The number of aromatic amines is 2. The molecule has 1 atom stereocenters. The first-order valence-corrected chi connectivity index (χ1v) is 15.5. The van der Waals surface area contributed by atoms with Gasteiger partial charge in [0.1, 0.15) is 0 Å². The molecule has 5 rings (SSSR count). The second-order valence-electron chi connectivity index (χ2n) is 8.38. The molecule has 37 heavy (non-hydrogen) atoms. The lowest BCUT2D eigenvalue weighted by atomic mass is 10.1. The quantitative estimate of drug-likeness (QED) is 0.244. The van der Waals surface area contributed by atoms with Crippen LogP contribution in [0, 0.1) is 0 Å². The van der Waals surface area contributed by atoms with Crippen LogP contribution in [0.15, 0.2) is 107 Å². The van der Waals surface area contributed by atoms with Gasteiger partial charge in [0.2, 0.25) is 0 Å². The number of benzene rings is 3. The maximum Gasteiger partial charge on any atom is 0.177 e. The highest BCUT2D eigenvalue weighted by molar-refractivity contribution is 7.90. The molecule has 190 valence electrons. The van der Waals surface area contributed by atoms with Crippen molar-refractivity contribution in [2.45, 2.75) is 23.6 Å². The van der Waals surface area contributed by atoms with Crippen LogP contribution in [0.1, 0.15) is 13.8 Å². The summed E-state index contributed by atoms with van der Waals surface area (Å²) >= 11 is 0. The Morgan fingerprint density at radius 3 is 1.59 bits per heavy atom. The van der Waals surface area contributed by atoms with Crippen molar-refractivity contribution in [1.82, 2.24) is 9.97 Å². The highest BCUT2D eigenvalue weighted by Crippen LogP contribution is 2.35. The van der Waals surface area contributed by atoms with E-state index in [1.807, 2.05) is 105 Å². The number of H-pyrrole nitrogens is 2. The Kier molecular flexibility index (Phi) is 7.95. The minimum Gasteiger partial charge on any atom is -0.354 e. The lowest BCUT2D eigenvalue weighted by Crippen LogP contribution is -1.97. The summed E-state index contributed by atoms with van der Waals surface area (Å²) in [6, 6.07) is 30.7. The molecule has 0 radical (unpaired) electrons. The second-order valence-corrected chi connectivity index (χ2v) is 11.7. The van der Waals surface area contributed by atoms with Gasteiger partial charge in [0.15, 0.2) is 9.84 Å². The van der Waals surface area contributed by atoms with E-state index in [0.29, 0.717) is 11.4 Å². The predicted molar refractivity (Wildman–Crippen MR) is 154 cm³/mol. The van der Waals surface area contributed by atoms with Crippen molar-refractivity contribution in [3.05, 3.63) is 97.1 Å². The lowest BCUT2D eigenvalue weighted by molar-refractivity contribution is 0.602. The van der Waals surface area contributed by atoms with E-state index < -0.39 is 20.6 Å². The van der Waals surface area contributed by atoms with E-state index in [2.05, 4.69) is 9.97 Å². The normalized spacial score (nSPS) is 12.0. The lowest BCUT2D eigenvalue weighted by Gasteiger charge is -2.04. The molecule has 2 N–H and O–H groups in total. The fourth-order valence-corrected chi connectivity index (χ4v) is 5.81. The molecule has 1 unspecified atom stereocenters. The van der Waals surface area contributed by atoms with Gasteiger partial charge in [-0.2, -0.15) is 0 Å². The van der Waals surface area contributed by atoms with Gasteiger partial charge < -0.3 is 9.97 Å². The second kappa shape index (κ2) is 11.2. The Bertz CT molecular complexity index is 1630. The van der Waals surface area contributed by atoms with Gasteiger partial charge in [-0.25, -0.2) is 8.42 Å². The van der Waals surface area contributed by atoms with Gasteiger partial charge in [-0.15, -0.1) is 0 Å². The van der Waals surface area contributed by atoms with E-state index in [9.17, 15) is 12.6 Å². The third-order valence-electron chi connectivity index (χ3n) is 5.88. The number of aromatic nitrogens is 2. The Morgan fingerprint density at radius 2 is 1.08 bits per heavy atom. The summed E-state index contributed by atoms with van der Waals surface area (Å²) in [4.78, 5) is 7.77. The number of hydrogen-bond acceptors (Lipinski definition) is 3. The molecule has 0 aliphatic carbocycles. The van der Waals surface area contributed by atoms with E-state index in [1.54, 1.807) is 12.3 Å². The number of nitrogens with one attached hydrogen (secondary N) is 2. The van der Waals surface area contributed by atoms with E-state index >= 15 is 0 Å². The van der Waals surface area contributed by atoms with Crippen molar-refractivity contribution >= 4 is 20.6 Å². The first-order chi connectivity index (χ1) is 17.8. The molecule has 2 heterocycles. The van der Waals surface area contributed by atoms with E-state index in [0.717, 1.165) is 38.5 Å². The van der Waals surface area contributed by atoms with E-state index in [-0.39, 0.29) is 4.90 Å². The molecule has 7 heteroatoms. The molecule has 0 saturated heterocycles. The van der Waals surface area contributed by atoms with Crippen molar-refractivity contribution < 1.29 is 12.6 Å². The highest BCUT2D eigenvalue weighted by Gasteiger charge is 2.20. The minimum atomic E-state index is -3.44. The Labute approximate surface area is 221 Å². The molecule has 3 aromatic carbocycles. The molecule has 5 aromatic rings. The average Bonchev–Trinajstić information content (AvgIpc) is 3.57. The van der Waals surface area contributed by atoms with E-state index in [1.165, 1.54) is 6.26 Å². The first-order valence-electron chi connectivity index (χ1n) is 12.0. The Morgan fingerprint density at radius 1 is 0.622 bits per heavy atom. The summed E-state index contributed by atoms with van der Waals surface area (Å²) in [7, 11) is -4.62. The standard InChI is InChI=1S/C28H24N2O3S2.C2H6/c1-34(31)25-17-23(29-27(25)19-10-5-3-6-11-19)21-14-9-15-22(16-21)24-18-26(35(2,32)33)28(30-24)20-12-7-4-8-13-20;1-2/h3-18,29-30H,1-2H3;1-2H3. The smallest absolute Gasteiger partial charge is 0.177 e. The number of rotatable bonds is 6. The van der Waals surface area contributed by atoms with Gasteiger partial charge in [-0.3, -0.25) is 4.21 Å². The summed E-state index contributed by atoms with van der Waals surface area (Å²) in [5, 5.41) is 0. The fraction of sp³-hybridized carbons (Fsp3) is 0.133. The third kappa shape index (κ3) is 5.68. The van der Waals surface area contributed by atoms with Crippen molar-refractivity contribution in [2.24, 2.45) is 0 Å². The zero-order valence-corrected chi connectivity index (χ0v) is 22.9. The molecule has 0 fully saturated rings. The van der Waals surface area contributed by atoms with Crippen LogP contribution in [0.2, 0.25) is 0 Å². The van der Waals surface area contributed by atoms with Crippen molar-refractivity contribution in [3.63, 3.8) is 0 Å². The van der Waals surface area contributed by atoms with Crippen molar-refractivity contribution in [2.75, 3.05) is 12.5 Å². The van der Waals surface area contributed by atoms with E-state index in [4.69, 9.17) is 0 Å². The van der Waals surface area contributed by atoms with Crippen LogP contribution >= 0.6 is 0 Å². The van der Waals surface area contributed by atoms with Crippen LogP contribution in [-0.4, -0.2) is 35.1 Å². The summed E-state index contributed by atoms with van der Waals surface area (Å²) in [5.41, 5.74) is 6.49. The van der Waals surface area contributed by atoms with Crippen LogP contribution in [-0.2, 0) is 20.6 Å². The molecular formula is C30H30N2O3S2. The van der Waals surface area contributed by atoms with Crippen LogP contribution in [0.25, 0.3) is 45.0 Å². The molecule has 0 aliphatic heterocycles. The summed E-state index contributed by atoms with van der Waals surface area (Å²) < 4.78 is 37.6. The van der Waals surface area contributed by atoms with Gasteiger partial charge in [0.05, 0.1) is 32.0 Å². The average molecular weight is 531 g/mol. The van der Waals surface area contributed by atoms with Crippen LogP contribution < -0.4 is 0 Å². The van der Waals surface area contributed by atoms with Crippen molar-refractivity contribution in [1.29, 1.82) is 0 Å². The molecular weight excluding hydrogens is 500 g/mol. The molecule has 2 aromatic heterocycles. The monoisotopic (exact) mass is 530 g/mol. The Hall–Kier alpha value is -3.68. The van der Waals surface area contributed by atoms with Crippen LogP contribution in [0.4, 0.5) is 0 Å². The molecule has 0 spiro atoms. The summed E-state index contributed by atoms with van der Waals surface area (Å²) in [5.74, 6) is 0. The topological polar surface area (TPSA) is 82.8 Å². The summed E-state index contributed by atoms with van der Waals surface area (Å²) in [6.07, 6.45) is 2.89. The van der Waals surface area contributed by atoms with Crippen molar-refractivity contribution in [3.8, 4) is 45.0 Å². The molecule has 0 aliphatic rings. The molecule has 0 amide bonds. The van der Waals surface area contributed by atoms with Crippen LogP contribution in [0.5, 0.6) is 0 Å². The van der Waals surface area contributed by atoms with Gasteiger partial charge in [-0.05, 0) is 40.5 Å². The SMILES string of the molecule is CC.CS(=O)c1cc(-c2cccc(-c3cc(S(C)(=O)=O)c(-c4ccccc4)[nH]3)c2)[nH]c1-c1ccccc1. The largest absolute Gasteiger partial charge is 0.354 e. The maximum atomic E-state index is 12.5. The van der Waals surface area contributed by atoms with Gasteiger partial charge in [0, 0.05) is 23.9 Å². The predicted octanol–water partition coefficient (Wildman–Crippen LogP) is 7.18. The van der Waals surface area contributed by atoms with Gasteiger partial charge >= 0.3 is 0 Å². The molecule has 0 bridgehead atoms. The molecule has 0 saturated carbocycles. The summed E-state index contributed by atoms with van der Waals surface area (Å²) in [6.45, 7) is 4.00. The zero-order valence-electron chi connectivity index (χ0n) is 21.3. The fourth-order valence-electron chi connectivity index (χ4n) is 4.19. The number of hydrogen-bond donors (Lipinski definition) is 2. The van der Waals surface area contributed by atoms with Gasteiger partial charge in [-0.1, -0.05) is 92.7 Å². The minimum absolute atomic E-state index is 0.263. The first kappa shape index (κ1) is 26.4. The van der Waals surface area contributed by atoms with Gasteiger partial charge in [0.25, 0.3) is 0 Å². The molecule has 5 nitrogen and oxygen atoms in total. The van der Waals surface area contributed by atoms with Crippen LogP contribution in [0.3, 0.4) is 0 Å². The highest BCUT2D eigenvalue weighted by atomic mass is 32.2. The zero-order chi connectivity index (χ0) is 26.6. The Balaban J connectivity index is 0.00000156.